The Morgan fingerprint density at radius 3 is 2.42 bits per heavy atom. The van der Waals surface area contributed by atoms with Gasteiger partial charge in [0.2, 0.25) is 5.91 Å². The quantitative estimate of drug-likeness (QED) is 0.585. The van der Waals surface area contributed by atoms with Crippen molar-refractivity contribution in [2.75, 3.05) is 12.4 Å². The minimum atomic E-state index is -0.866. The molecule has 0 spiro atoms. The molecule has 2 fully saturated rings. The van der Waals surface area contributed by atoms with Crippen LogP contribution in [-0.4, -0.2) is 63.3 Å². The lowest BCUT2D eigenvalue weighted by molar-refractivity contribution is -0.156. The molecule has 4 rings (SSSR count). The van der Waals surface area contributed by atoms with Crippen LogP contribution in [-0.2, 0) is 14.3 Å². The second-order valence-corrected chi connectivity index (χ2v) is 7.63. The first-order valence-electron chi connectivity index (χ1n) is 8.62. The number of thioether (sulfide) groups is 1. The molecule has 0 bridgehead atoms. The molecule has 0 saturated carbocycles. The lowest BCUT2D eigenvalue weighted by Crippen LogP contribution is -2.58. The van der Waals surface area contributed by atoms with Gasteiger partial charge in [-0.2, -0.15) is 0 Å². The van der Waals surface area contributed by atoms with Gasteiger partial charge in [-0.1, -0.05) is 12.1 Å². The summed E-state index contributed by atoms with van der Waals surface area (Å²) >= 11 is 1.54. The lowest BCUT2D eigenvalue weighted by Gasteiger charge is -2.39. The van der Waals surface area contributed by atoms with Crippen LogP contribution in [0, 0.1) is 0 Å². The first-order chi connectivity index (χ1) is 12.5. The maximum Gasteiger partial charge on any atom is 0.329 e. The van der Waals surface area contributed by atoms with E-state index in [0.717, 1.165) is 4.90 Å². The molecule has 3 atom stereocenters. The number of carbonyl (C=O) groups excluding carboxylic acids is 4. The molecule has 3 amide bonds. The number of benzene rings is 1. The Bertz CT molecular complexity index is 776. The summed E-state index contributed by atoms with van der Waals surface area (Å²) in [5, 5.41) is -0.108. The number of amides is 3. The lowest BCUT2D eigenvalue weighted by atomic mass is 10.0. The standard InChI is InChI=1S/C18H18N2O5S/c1-2-25-18(24)13-9-26-14-8-7-12(17(23)19(13)14)20-15(21)10-5-3-4-6-11(10)16(20)22/h3-6,12-14H,2,7-9H2,1H3/t12-,13+,14-/m1/s1. The largest absolute Gasteiger partial charge is 0.464 e. The molecular weight excluding hydrogens is 356 g/mol. The minimum Gasteiger partial charge on any atom is -0.464 e. The first kappa shape index (κ1) is 17.1. The molecule has 2 saturated heterocycles. The Labute approximate surface area is 154 Å². The number of esters is 1. The van der Waals surface area contributed by atoms with Crippen LogP contribution in [0.2, 0.25) is 0 Å². The molecule has 1 aromatic rings. The normalized spacial score (nSPS) is 27.6. The van der Waals surface area contributed by atoms with Gasteiger partial charge in [0.15, 0.2) is 0 Å². The van der Waals surface area contributed by atoms with E-state index in [4.69, 9.17) is 4.74 Å². The molecule has 0 aliphatic carbocycles. The highest BCUT2D eigenvalue weighted by atomic mass is 32.2. The number of ether oxygens (including phenoxy) is 1. The summed E-state index contributed by atoms with van der Waals surface area (Å²) in [6, 6.07) is 5.06. The van der Waals surface area contributed by atoms with E-state index in [1.165, 1.54) is 4.90 Å². The SMILES string of the molecule is CCOC(=O)[C@@H]1CS[C@@H]2CC[C@@H](N3C(=O)c4ccccc4C3=O)C(=O)N21. The predicted octanol–water partition coefficient (Wildman–Crippen LogP) is 1.28. The fourth-order valence-electron chi connectivity index (χ4n) is 3.83. The Kier molecular flexibility index (Phi) is 4.22. The molecule has 8 heteroatoms. The zero-order valence-corrected chi connectivity index (χ0v) is 15.0. The van der Waals surface area contributed by atoms with Crippen molar-refractivity contribution < 1.29 is 23.9 Å². The molecule has 3 aliphatic heterocycles. The molecule has 3 aliphatic rings. The topological polar surface area (TPSA) is 84.0 Å². The molecule has 0 radical (unpaired) electrons. The molecule has 0 aromatic heterocycles. The molecule has 0 unspecified atom stereocenters. The Morgan fingerprint density at radius 2 is 1.81 bits per heavy atom. The Balaban J connectivity index is 1.61. The van der Waals surface area contributed by atoms with E-state index in [9.17, 15) is 19.2 Å². The van der Waals surface area contributed by atoms with Crippen molar-refractivity contribution in [3.05, 3.63) is 35.4 Å². The summed E-state index contributed by atoms with van der Waals surface area (Å²) in [5.41, 5.74) is 0.648. The summed E-state index contributed by atoms with van der Waals surface area (Å²) in [6.45, 7) is 1.96. The van der Waals surface area contributed by atoms with Crippen molar-refractivity contribution in [3.8, 4) is 0 Å². The van der Waals surface area contributed by atoms with Crippen LogP contribution in [0.15, 0.2) is 24.3 Å². The van der Waals surface area contributed by atoms with Crippen LogP contribution in [0.1, 0.15) is 40.5 Å². The predicted molar refractivity (Wildman–Crippen MR) is 93.5 cm³/mol. The number of rotatable bonds is 3. The Hall–Kier alpha value is -2.35. The van der Waals surface area contributed by atoms with Crippen molar-refractivity contribution in [3.63, 3.8) is 0 Å². The summed E-state index contributed by atoms with van der Waals surface area (Å²) < 4.78 is 5.08. The van der Waals surface area contributed by atoms with E-state index in [0.29, 0.717) is 29.7 Å². The summed E-state index contributed by atoms with van der Waals surface area (Å²) in [4.78, 5) is 53.3. The molecule has 7 nitrogen and oxygen atoms in total. The van der Waals surface area contributed by atoms with Gasteiger partial charge in [0.05, 0.1) is 23.1 Å². The zero-order valence-electron chi connectivity index (χ0n) is 14.2. The van der Waals surface area contributed by atoms with Crippen molar-refractivity contribution in [1.82, 2.24) is 9.80 Å². The van der Waals surface area contributed by atoms with Gasteiger partial charge < -0.3 is 9.64 Å². The van der Waals surface area contributed by atoms with E-state index in [-0.39, 0.29) is 17.9 Å². The molecule has 3 heterocycles. The summed E-state index contributed by atoms with van der Waals surface area (Å²) in [6.07, 6.45) is 1.04. The van der Waals surface area contributed by atoms with Crippen LogP contribution in [0.5, 0.6) is 0 Å². The smallest absolute Gasteiger partial charge is 0.329 e. The molecular formula is C18H18N2O5S. The van der Waals surface area contributed by atoms with E-state index < -0.39 is 29.9 Å². The molecule has 26 heavy (non-hydrogen) atoms. The van der Waals surface area contributed by atoms with Crippen molar-refractivity contribution in [2.24, 2.45) is 0 Å². The van der Waals surface area contributed by atoms with E-state index in [1.807, 2.05) is 0 Å². The van der Waals surface area contributed by atoms with Gasteiger partial charge in [-0.15, -0.1) is 11.8 Å². The highest BCUT2D eigenvalue weighted by Gasteiger charge is 2.52. The number of hydrogen-bond donors (Lipinski definition) is 0. The van der Waals surface area contributed by atoms with Crippen LogP contribution in [0.4, 0.5) is 0 Å². The number of imide groups is 1. The number of carbonyl (C=O) groups is 4. The Morgan fingerprint density at radius 1 is 1.15 bits per heavy atom. The highest BCUT2D eigenvalue weighted by Crippen LogP contribution is 2.39. The van der Waals surface area contributed by atoms with Gasteiger partial charge >= 0.3 is 5.97 Å². The van der Waals surface area contributed by atoms with Crippen molar-refractivity contribution >= 4 is 35.5 Å². The number of piperidine rings is 1. The summed E-state index contributed by atoms with van der Waals surface area (Å²) in [7, 11) is 0. The van der Waals surface area contributed by atoms with Gasteiger partial charge in [-0.3, -0.25) is 19.3 Å². The average Bonchev–Trinajstić information content (AvgIpc) is 3.18. The second-order valence-electron chi connectivity index (χ2n) is 6.42. The fraction of sp³-hybridized carbons (Fsp3) is 0.444. The monoisotopic (exact) mass is 374 g/mol. The molecule has 0 N–H and O–H groups in total. The van der Waals surface area contributed by atoms with Crippen molar-refractivity contribution in [1.29, 1.82) is 0 Å². The molecule has 1 aromatic carbocycles. The number of nitrogens with zero attached hydrogens (tertiary/aromatic N) is 2. The van der Waals surface area contributed by atoms with Gasteiger partial charge in [-0.05, 0) is 31.9 Å². The minimum absolute atomic E-state index is 0.108. The van der Waals surface area contributed by atoms with E-state index in [1.54, 1.807) is 43.0 Å². The average molecular weight is 374 g/mol. The number of hydrogen-bond acceptors (Lipinski definition) is 6. The van der Waals surface area contributed by atoms with Gasteiger partial charge in [0, 0.05) is 5.75 Å². The fourth-order valence-corrected chi connectivity index (χ4v) is 5.24. The van der Waals surface area contributed by atoms with E-state index in [2.05, 4.69) is 0 Å². The van der Waals surface area contributed by atoms with Gasteiger partial charge in [0.1, 0.15) is 12.1 Å². The summed E-state index contributed by atoms with van der Waals surface area (Å²) in [5.74, 6) is -1.19. The zero-order chi connectivity index (χ0) is 18.4. The third kappa shape index (κ3) is 2.43. The van der Waals surface area contributed by atoms with Crippen LogP contribution >= 0.6 is 11.8 Å². The van der Waals surface area contributed by atoms with Crippen LogP contribution in [0.25, 0.3) is 0 Å². The number of fused-ring (bicyclic) bond motifs is 2. The third-order valence-electron chi connectivity index (χ3n) is 5.01. The van der Waals surface area contributed by atoms with Crippen LogP contribution in [0.3, 0.4) is 0 Å². The van der Waals surface area contributed by atoms with Gasteiger partial charge in [0.25, 0.3) is 11.8 Å². The maximum absolute atomic E-state index is 13.1. The second kappa shape index (κ2) is 6.42. The van der Waals surface area contributed by atoms with Crippen LogP contribution < -0.4 is 0 Å². The third-order valence-corrected chi connectivity index (χ3v) is 6.37. The van der Waals surface area contributed by atoms with E-state index >= 15 is 0 Å². The first-order valence-corrected chi connectivity index (χ1v) is 9.66. The van der Waals surface area contributed by atoms with Crippen molar-refractivity contribution in [2.45, 2.75) is 37.2 Å². The molecule has 136 valence electrons. The van der Waals surface area contributed by atoms with Gasteiger partial charge in [-0.25, -0.2) is 4.79 Å². The maximum atomic E-state index is 13.1. The highest BCUT2D eigenvalue weighted by molar-refractivity contribution is 8.00.